The van der Waals surface area contributed by atoms with Gasteiger partial charge in [0, 0.05) is 17.3 Å². The zero-order valence-electron chi connectivity index (χ0n) is 10.2. The SMILES string of the molecule is CCCC1C(C(=O)O)=C(C)NC(C)=C1C(=O)O. The topological polar surface area (TPSA) is 86.6 Å². The molecule has 3 N–H and O–H groups in total. The molecule has 5 nitrogen and oxygen atoms in total. The van der Waals surface area contributed by atoms with E-state index in [2.05, 4.69) is 5.32 Å². The Morgan fingerprint density at radius 1 is 1.12 bits per heavy atom. The fourth-order valence-electron chi connectivity index (χ4n) is 2.28. The van der Waals surface area contributed by atoms with Crippen molar-refractivity contribution in [2.24, 2.45) is 5.92 Å². The van der Waals surface area contributed by atoms with Gasteiger partial charge in [-0.1, -0.05) is 13.3 Å². The number of dihydropyridines is 1. The van der Waals surface area contributed by atoms with Gasteiger partial charge >= 0.3 is 11.9 Å². The van der Waals surface area contributed by atoms with Crippen LogP contribution in [0.3, 0.4) is 0 Å². The molecule has 0 atom stereocenters. The third-order valence-corrected chi connectivity index (χ3v) is 2.92. The average Bonchev–Trinajstić information content (AvgIpc) is 2.15. The fourth-order valence-corrected chi connectivity index (χ4v) is 2.28. The van der Waals surface area contributed by atoms with Crippen LogP contribution in [0, 0.1) is 5.92 Å². The third kappa shape index (κ3) is 2.49. The van der Waals surface area contributed by atoms with Gasteiger partial charge in [-0.15, -0.1) is 0 Å². The Morgan fingerprint density at radius 2 is 1.53 bits per heavy atom. The van der Waals surface area contributed by atoms with Crippen LogP contribution in [0.4, 0.5) is 0 Å². The molecule has 0 amide bonds. The average molecular weight is 239 g/mol. The smallest absolute Gasteiger partial charge is 0.333 e. The van der Waals surface area contributed by atoms with Gasteiger partial charge in [0.05, 0.1) is 11.1 Å². The summed E-state index contributed by atoms with van der Waals surface area (Å²) in [5, 5.41) is 21.2. The molecule has 17 heavy (non-hydrogen) atoms. The summed E-state index contributed by atoms with van der Waals surface area (Å²) in [6, 6.07) is 0. The van der Waals surface area contributed by atoms with Crippen molar-refractivity contribution in [1.29, 1.82) is 0 Å². The largest absolute Gasteiger partial charge is 0.478 e. The summed E-state index contributed by atoms with van der Waals surface area (Å²) in [4.78, 5) is 22.4. The number of carboxylic acids is 2. The van der Waals surface area contributed by atoms with Gasteiger partial charge in [-0.05, 0) is 20.3 Å². The monoisotopic (exact) mass is 239 g/mol. The second-order valence-corrected chi connectivity index (χ2v) is 4.15. The van der Waals surface area contributed by atoms with Gasteiger partial charge in [-0.2, -0.15) is 0 Å². The predicted molar refractivity (Wildman–Crippen MR) is 62.2 cm³/mol. The number of rotatable bonds is 4. The van der Waals surface area contributed by atoms with E-state index in [1.807, 2.05) is 6.92 Å². The molecule has 0 aromatic carbocycles. The zero-order chi connectivity index (χ0) is 13.2. The zero-order valence-corrected chi connectivity index (χ0v) is 10.2. The second-order valence-electron chi connectivity index (χ2n) is 4.15. The van der Waals surface area contributed by atoms with Gasteiger partial charge in [-0.25, -0.2) is 9.59 Å². The summed E-state index contributed by atoms with van der Waals surface area (Å²) in [6.45, 7) is 5.23. The van der Waals surface area contributed by atoms with Gasteiger partial charge in [0.2, 0.25) is 0 Å². The van der Waals surface area contributed by atoms with E-state index in [1.165, 1.54) is 0 Å². The minimum Gasteiger partial charge on any atom is -0.478 e. The number of nitrogens with one attached hydrogen (secondary N) is 1. The van der Waals surface area contributed by atoms with E-state index >= 15 is 0 Å². The number of hydrogen-bond donors (Lipinski definition) is 3. The van der Waals surface area contributed by atoms with Gasteiger partial charge in [-0.3, -0.25) is 0 Å². The molecular formula is C12H17NO4. The summed E-state index contributed by atoms with van der Waals surface area (Å²) >= 11 is 0. The second kappa shape index (κ2) is 5.03. The van der Waals surface area contributed by atoms with E-state index in [0.29, 0.717) is 17.8 Å². The maximum atomic E-state index is 11.2. The Hall–Kier alpha value is -1.78. The first-order chi connectivity index (χ1) is 7.90. The van der Waals surface area contributed by atoms with Crippen molar-refractivity contribution >= 4 is 11.9 Å². The Labute approximate surface area is 99.8 Å². The first kappa shape index (κ1) is 13.3. The van der Waals surface area contributed by atoms with Crippen LogP contribution in [0.2, 0.25) is 0 Å². The summed E-state index contributed by atoms with van der Waals surface area (Å²) in [5.41, 5.74) is 1.38. The van der Waals surface area contributed by atoms with Crippen LogP contribution >= 0.6 is 0 Å². The molecule has 0 aromatic heterocycles. The highest BCUT2D eigenvalue weighted by molar-refractivity contribution is 5.96. The van der Waals surface area contributed by atoms with Crippen LogP contribution in [0.1, 0.15) is 33.6 Å². The van der Waals surface area contributed by atoms with E-state index in [4.69, 9.17) is 0 Å². The van der Waals surface area contributed by atoms with E-state index in [1.54, 1.807) is 13.8 Å². The molecule has 0 aromatic rings. The Bertz CT molecular complexity index is 384. The van der Waals surface area contributed by atoms with Gasteiger partial charge in [0.25, 0.3) is 0 Å². The maximum absolute atomic E-state index is 11.2. The summed E-state index contributed by atoms with van der Waals surface area (Å²) in [6.07, 6.45) is 1.26. The minimum atomic E-state index is -1.06. The lowest BCUT2D eigenvalue weighted by Gasteiger charge is -2.28. The standard InChI is InChI=1S/C12H17NO4/c1-4-5-8-9(11(14)15)6(2)13-7(3)10(8)12(16)17/h8,13H,4-5H2,1-3H3,(H,14,15)(H,16,17). The molecule has 0 fully saturated rings. The Kier molecular flexibility index (Phi) is 3.93. The molecule has 0 aliphatic carbocycles. The molecule has 5 heteroatoms. The fraction of sp³-hybridized carbons (Fsp3) is 0.500. The van der Waals surface area contributed by atoms with E-state index < -0.39 is 17.9 Å². The molecule has 0 radical (unpaired) electrons. The predicted octanol–water partition coefficient (Wildman–Crippen LogP) is 1.72. The summed E-state index contributed by atoms with van der Waals surface area (Å²) in [5.74, 6) is -2.64. The molecule has 0 saturated heterocycles. The molecule has 1 heterocycles. The highest BCUT2D eigenvalue weighted by Gasteiger charge is 2.34. The summed E-state index contributed by atoms with van der Waals surface area (Å²) < 4.78 is 0. The lowest BCUT2D eigenvalue weighted by atomic mass is 9.82. The van der Waals surface area contributed by atoms with Crippen molar-refractivity contribution in [1.82, 2.24) is 5.32 Å². The maximum Gasteiger partial charge on any atom is 0.333 e. The van der Waals surface area contributed by atoms with Crippen molar-refractivity contribution in [2.75, 3.05) is 0 Å². The third-order valence-electron chi connectivity index (χ3n) is 2.92. The Morgan fingerprint density at radius 3 is 1.82 bits per heavy atom. The first-order valence-electron chi connectivity index (χ1n) is 5.55. The molecule has 1 aliphatic heterocycles. The van der Waals surface area contributed by atoms with Crippen LogP contribution in [0.25, 0.3) is 0 Å². The summed E-state index contributed by atoms with van der Waals surface area (Å²) in [7, 11) is 0. The number of carboxylic acid groups (broad SMARTS) is 2. The molecule has 1 aliphatic rings. The normalized spacial score (nSPS) is 17.1. The molecule has 94 valence electrons. The van der Waals surface area contributed by atoms with E-state index in [-0.39, 0.29) is 11.1 Å². The highest BCUT2D eigenvalue weighted by Crippen LogP contribution is 2.33. The molecular weight excluding hydrogens is 222 g/mol. The molecule has 0 bridgehead atoms. The Balaban J connectivity index is 3.28. The van der Waals surface area contributed by atoms with Crippen LogP contribution in [0.15, 0.2) is 22.5 Å². The van der Waals surface area contributed by atoms with E-state index in [9.17, 15) is 19.8 Å². The molecule has 0 saturated carbocycles. The van der Waals surface area contributed by atoms with Gasteiger partial charge < -0.3 is 15.5 Å². The van der Waals surface area contributed by atoms with Crippen molar-refractivity contribution < 1.29 is 19.8 Å². The van der Waals surface area contributed by atoms with Gasteiger partial charge in [0.15, 0.2) is 0 Å². The van der Waals surface area contributed by atoms with E-state index in [0.717, 1.165) is 6.42 Å². The van der Waals surface area contributed by atoms with Crippen LogP contribution in [0.5, 0.6) is 0 Å². The van der Waals surface area contributed by atoms with Gasteiger partial charge in [0.1, 0.15) is 0 Å². The van der Waals surface area contributed by atoms with Crippen LogP contribution < -0.4 is 5.32 Å². The van der Waals surface area contributed by atoms with Crippen LogP contribution in [-0.2, 0) is 9.59 Å². The number of hydrogen-bond acceptors (Lipinski definition) is 3. The minimum absolute atomic E-state index is 0.162. The molecule has 0 unspecified atom stereocenters. The number of allylic oxidation sites excluding steroid dienone is 2. The number of aliphatic carboxylic acids is 2. The van der Waals surface area contributed by atoms with Crippen molar-refractivity contribution in [2.45, 2.75) is 33.6 Å². The van der Waals surface area contributed by atoms with Crippen LogP contribution in [-0.4, -0.2) is 22.2 Å². The van der Waals surface area contributed by atoms with Crippen molar-refractivity contribution in [3.8, 4) is 0 Å². The molecule has 1 rings (SSSR count). The highest BCUT2D eigenvalue weighted by atomic mass is 16.4. The molecule has 0 spiro atoms. The van der Waals surface area contributed by atoms with Crippen molar-refractivity contribution in [3.63, 3.8) is 0 Å². The number of carbonyl (C=O) groups is 2. The lowest BCUT2D eigenvalue weighted by molar-refractivity contribution is -0.134. The quantitative estimate of drug-likeness (QED) is 0.695. The lowest BCUT2D eigenvalue weighted by Crippen LogP contribution is -2.32. The van der Waals surface area contributed by atoms with Crippen molar-refractivity contribution in [3.05, 3.63) is 22.5 Å². The first-order valence-corrected chi connectivity index (χ1v) is 5.55.